The zero-order valence-corrected chi connectivity index (χ0v) is 24.0. The molecular weight excluding hydrogens is 531 g/mol. The summed E-state index contributed by atoms with van der Waals surface area (Å²) >= 11 is 0. The number of hydrogen-bond donors (Lipinski definition) is 1. The summed E-state index contributed by atoms with van der Waals surface area (Å²) in [4.78, 5) is 29.0. The van der Waals surface area contributed by atoms with E-state index in [1.807, 2.05) is 67.6 Å². The molecule has 0 heterocycles. The number of nitrogens with zero attached hydrogens (tertiary/aromatic N) is 3. The second kappa shape index (κ2) is 14.6. The molecule has 1 atom stereocenters. The Kier molecular flexibility index (Phi) is 11.2. The first-order valence-electron chi connectivity index (χ1n) is 13.2. The van der Waals surface area contributed by atoms with Crippen molar-refractivity contribution in [3.8, 4) is 0 Å². The number of carbonyl (C=O) groups is 2. The molecule has 3 rings (SSSR count). The lowest BCUT2D eigenvalue weighted by Gasteiger charge is -2.34. The van der Waals surface area contributed by atoms with Crippen LogP contribution in [0.4, 0.5) is 10.1 Å². The summed E-state index contributed by atoms with van der Waals surface area (Å²) in [6.45, 7) is 1.83. The van der Waals surface area contributed by atoms with Crippen LogP contribution in [-0.2, 0) is 32.8 Å². The van der Waals surface area contributed by atoms with Gasteiger partial charge in [-0.2, -0.15) is 12.7 Å². The minimum absolute atomic E-state index is 0.0610. The first-order chi connectivity index (χ1) is 19.1. The largest absolute Gasteiger partial charge is 0.354 e. The van der Waals surface area contributed by atoms with Crippen LogP contribution in [0.1, 0.15) is 30.9 Å². The molecule has 3 aromatic rings. The molecule has 0 fully saturated rings. The first-order valence-corrected chi connectivity index (χ1v) is 14.6. The van der Waals surface area contributed by atoms with Gasteiger partial charge in [0.15, 0.2) is 0 Å². The number of halogens is 1. The van der Waals surface area contributed by atoms with Crippen LogP contribution in [0, 0.1) is 5.82 Å². The van der Waals surface area contributed by atoms with Gasteiger partial charge in [-0.15, -0.1) is 0 Å². The van der Waals surface area contributed by atoms with Gasteiger partial charge in [0.05, 0.1) is 5.69 Å². The van der Waals surface area contributed by atoms with Crippen LogP contribution in [0.3, 0.4) is 0 Å². The van der Waals surface area contributed by atoms with Gasteiger partial charge in [0.25, 0.3) is 0 Å². The molecule has 0 unspecified atom stereocenters. The van der Waals surface area contributed by atoms with E-state index in [1.54, 1.807) is 0 Å². The van der Waals surface area contributed by atoms with Crippen LogP contribution in [0.2, 0.25) is 0 Å². The maximum Gasteiger partial charge on any atom is 0.304 e. The Morgan fingerprint density at radius 1 is 0.875 bits per heavy atom. The minimum Gasteiger partial charge on any atom is -0.354 e. The van der Waals surface area contributed by atoms with E-state index in [0.717, 1.165) is 38.6 Å². The zero-order chi connectivity index (χ0) is 29.1. The lowest BCUT2D eigenvalue weighted by molar-refractivity contribution is -0.140. The van der Waals surface area contributed by atoms with Crippen molar-refractivity contribution in [3.63, 3.8) is 0 Å². The van der Waals surface area contributed by atoms with Gasteiger partial charge < -0.3 is 10.2 Å². The normalized spacial score (nSPS) is 12.1. The number of carbonyl (C=O) groups excluding carboxylic acids is 2. The Hall–Kier alpha value is -3.76. The molecule has 0 aliphatic carbocycles. The van der Waals surface area contributed by atoms with Gasteiger partial charge in [0.1, 0.15) is 18.4 Å². The van der Waals surface area contributed by atoms with Crippen molar-refractivity contribution < 1.29 is 22.4 Å². The number of unbranched alkanes of at least 4 members (excludes halogenated alkanes) is 1. The van der Waals surface area contributed by atoms with Gasteiger partial charge in [0.2, 0.25) is 11.8 Å². The molecule has 0 spiro atoms. The molecule has 0 saturated carbocycles. The van der Waals surface area contributed by atoms with E-state index in [0.29, 0.717) is 6.54 Å². The highest BCUT2D eigenvalue weighted by Gasteiger charge is 2.35. The molecule has 0 aliphatic heterocycles. The van der Waals surface area contributed by atoms with E-state index < -0.39 is 34.5 Å². The SMILES string of the molecule is CCCCNC(=O)[C@@H](Cc1ccccc1)N(Cc1ccccc1)C(=O)CN(c1ccccc1F)S(=O)(=O)N(C)C. The average molecular weight is 569 g/mol. The highest BCUT2D eigenvalue weighted by atomic mass is 32.2. The number of para-hydroxylation sites is 1. The van der Waals surface area contributed by atoms with Crippen molar-refractivity contribution in [2.45, 2.75) is 38.8 Å². The third-order valence-corrected chi connectivity index (χ3v) is 8.24. The summed E-state index contributed by atoms with van der Waals surface area (Å²) in [5.74, 6) is -1.76. The third-order valence-electron chi connectivity index (χ3n) is 6.44. The van der Waals surface area contributed by atoms with Gasteiger partial charge in [0, 0.05) is 33.6 Å². The van der Waals surface area contributed by atoms with E-state index in [-0.39, 0.29) is 24.6 Å². The van der Waals surface area contributed by atoms with E-state index in [9.17, 15) is 22.4 Å². The smallest absolute Gasteiger partial charge is 0.304 e. The fourth-order valence-electron chi connectivity index (χ4n) is 4.20. The lowest BCUT2D eigenvalue weighted by atomic mass is 10.0. The Labute approximate surface area is 236 Å². The first kappa shape index (κ1) is 30.8. The summed E-state index contributed by atoms with van der Waals surface area (Å²) in [6.07, 6.45) is 1.88. The summed E-state index contributed by atoms with van der Waals surface area (Å²) in [6, 6.07) is 23.0. The van der Waals surface area contributed by atoms with Crippen molar-refractivity contribution in [1.82, 2.24) is 14.5 Å². The monoisotopic (exact) mass is 568 g/mol. The zero-order valence-electron chi connectivity index (χ0n) is 23.2. The Morgan fingerprint density at radius 2 is 1.45 bits per heavy atom. The predicted octanol–water partition coefficient (Wildman–Crippen LogP) is 3.99. The molecule has 1 N–H and O–H groups in total. The van der Waals surface area contributed by atoms with Crippen LogP contribution < -0.4 is 9.62 Å². The highest BCUT2D eigenvalue weighted by molar-refractivity contribution is 7.90. The van der Waals surface area contributed by atoms with Crippen LogP contribution >= 0.6 is 0 Å². The number of rotatable bonds is 14. The topological polar surface area (TPSA) is 90.0 Å². The molecule has 3 aromatic carbocycles. The maximum absolute atomic E-state index is 14.9. The highest BCUT2D eigenvalue weighted by Crippen LogP contribution is 2.24. The molecule has 10 heteroatoms. The van der Waals surface area contributed by atoms with E-state index in [1.165, 1.54) is 37.2 Å². The van der Waals surface area contributed by atoms with Gasteiger partial charge in [-0.1, -0.05) is 86.1 Å². The molecule has 214 valence electrons. The van der Waals surface area contributed by atoms with Crippen molar-refractivity contribution in [1.29, 1.82) is 0 Å². The van der Waals surface area contributed by atoms with E-state index >= 15 is 0 Å². The summed E-state index contributed by atoms with van der Waals surface area (Å²) in [5.41, 5.74) is 1.36. The maximum atomic E-state index is 14.9. The second-order valence-electron chi connectivity index (χ2n) is 9.61. The quantitative estimate of drug-likeness (QED) is 0.298. The fourth-order valence-corrected chi connectivity index (χ4v) is 5.26. The van der Waals surface area contributed by atoms with Gasteiger partial charge in [-0.25, -0.2) is 8.70 Å². The average Bonchev–Trinajstić information content (AvgIpc) is 2.95. The summed E-state index contributed by atoms with van der Waals surface area (Å²) in [5, 5.41) is 2.93. The van der Waals surface area contributed by atoms with Crippen LogP contribution in [-0.4, -0.2) is 62.7 Å². The molecule has 0 radical (unpaired) electrons. The molecule has 40 heavy (non-hydrogen) atoms. The Balaban J connectivity index is 2.06. The molecular formula is C30H37FN4O4S. The van der Waals surface area contributed by atoms with Gasteiger partial charge in [-0.05, 0) is 29.7 Å². The van der Waals surface area contributed by atoms with E-state index in [2.05, 4.69) is 5.32 Å². The minimum atomic E-state index is -4.26. The lowest BCUT2D eigenvalue weighted by Crippen LogP contribution is -2.54. The molecule has 0 bridgehead atoms. The molecule has 2 amide bonds. The third kappa shape index (κ3) is 8.12. The Morgan fingerprint density at radius 3 is 2.02 bits per heavy atom. The molecule has 0 aliphatic rings. The number of nitrogens with one attached hydrogen (secondary N) is 1. The van der Waals surface area contributed by atoms with E-state index in [4.69, 9.17) is 0 Å². The van der Waals surface area contributed by atoms with Crippen molar-refractivity contribution >= 4 is 27.7 Å². The van der Waals surface area contributed by atoms with Crippen LogP contribution in [0.15, 0.2) is 84.9 Å². The van der Waals surface area contributed by atoms with Gasteiger partial charge >= 0.3 is 10.2 Å². The number of hydrogen-bond acceptors (Lipinski definition) is 4. The molecule has 8 nitrogen and oxygen atoms in total. The van der Waals surface area contributed by atoms with Crippen molar-refractivity contribution in [2.75, 3.05) is 31.5 Å². The molecule has 0 aromatic heterocycles. The standard InChI is InChI=1S/C30H37FN4O4S/c1-4-5-20-32-30(37)28(21-24-14-8-6-9-15-24)34(22-25-16-10-7-11-17-25)29(36)23-35(40(38,39)33(2)3)27-19-13-12-18-26(27)31/h6-19,28H,4-5,20-23H2,1-3H3,(H,32,37)/t28-/m1/s1. The predicted molar refractivity (Wildman–Crippen MR) is 155 cm³/mol. The van der Waals surface area contributed by atoms with Crippen LogP contribution in [0.5, 0.6) is 0 Å². The fraction of sp³-hybridized carbons (Fsp3) is 0.333. The van der Waals surface area contributed by atoms with Crippen molar-refractivity contribution in [2.24, 2.45) is 0 Å². The van der Waals surface area contributed by atoms with Crippen LogP contribution in [0.25, 0.3) is 0 Å². The number of anilines is 1. The number of benzene rings is 3. The summed E-state index contributed by atoms with van der Waals surface area (Å²) < 4.78 is 43.1. The second-order valence-corrected chi connectivity index (χ2v) is 11.7. The Bertz CT molecular complexity index is 1350. The number of amides is 2. The summed E-state index contributed by atoms with van der Waals surface area (Å²) in [7, 11) is -1.63. The van der Waals surface area contributed by atoms with Gasteiger partial charge in [-0.3, -0.25) is 9.59 Å². The molecule has 0 saturated heterocycles. The van der Waals surface area contributed by atoms with Crippen molar-refractivity contribution in [3.05, 3.63) is 102 Å².